The number of pyridine rings is 1. The van der Waals surface area contributed by atoms with Crippen molar-refractivity contribution in [2.24, 2.45) is 5.73 Å². The number of para-hydroxylation sites is 1. The zero-order valence-corrected chi connectivity index (χ0v) is 12.7. The topological polar surface area (TPSA) is 45.4 Å². The summed E-state index contributed by atoms with van der Waals surface area (Å²) in [4.78, 5) is 9.72. The Morgan fingerprint density at radius 1 is 1.10 bits per heavy atom. The lowest BCUT2D eigenvalue weighted by Gasteiger charge is -2.37. The van der Waals surface area contributed by atoms with Crippen LogP contribution in [0.4, 0.5) is 0 Å². The molecule has 1 aromatic heterocycles. The molecule has 0 aliphatic carbocycles. The lowest BCUT2D eigenvalue weighted by Crippen LogP contribution is -2.51. The van der Waals surface area contributed by atoms with Crippen LogP contribution in [0, 0.1) is 0 Å². The zero-order valence-electron chi connectivity index (χ0n) is 12.7. The second-order valence-corrected chi connectivity index (χ2v) is 5.89. The standard InChI is InChI=1S/C17H24N4/c1-14(12-18)21-10-8-20(9-11-21)13-16-7-6-15-4-2-3-5-17(15)19-16/h2-7,14H,8-13,18H2,1H3. The van der Waals surface area contributed by atoms with E-state index >= 15 is 0 Å². The Morgan fingerprint density at radius 2 is 1.86 bits per heavy atom. The van der Waals surface area contributed by atoms with E-state index in [-0.39, 0.29) is 0 Å². The van der Waals surface area contributed by atoms with E-state index < -0.39 is 0 Å². The Kier molecular flexibility index (Phi) is 4.48. The van der Waals surface area contributed by atoms with Gasteiger partial charge in [-0.25, -0.2) is 0 Å². The van der Waals surface area contributed by atoms with Gasteiger partial charge in [-0.2, -0.15) is 0 Å². The predicted octanol–water partition coefficient (Wildman–Crippen LogP) is 1.70. The van der Waals surface area contributed by atoms with Crippen molar-refractivity contribution in [3.8, 4) is 0 Å². The van der Waals surface area contributed by atoms with Crippen LogP contribution in [0.25, 0.3) is 10.9 Å². The van der Waals surface area contributed by atoms with Crippen LogP contribution in [-0.2, 0) is 6.54 Å². The van der Waals surface area contributed by atoms with Gasteiger partial charge < -0.3 is 5.73 Å². The Morgan fingerprint density at radius 3 is 2.62 bits per heavy atom. The average Bonchev–Trinajstić information content (AvgIpc) is 2.55. The number of hydrogen-bond acceptors (Lipinski definition) is 4. The molecule has 2 heterocycles. The highest BCUT2D eigenvalue weighted by Gasteiger charge is 2.20. The summed E-state index contributed by atoms with van der Waals surface area (Å²) in [7, 11) is 0. The normalized spacial score (nSPS) is 19.0. The lowest BCUT2D eigenvalue weighted by molar-refractivity contribution is 0.0997. The Bertz CT molecular complexity index is 590. The van der Waals surface area contributed by atoms with Gasteiger partial charge in [-0.1, -0.05) is 24.3 Å². The molecule has 4 heteroatoms. The van der Waals surface area contributed by atoms with Gasteiger partial charge in [0.2, 0.25) is 0 Å². The van der Waals surface area contributed by atoms with Gasteiger partial charge in [0.15, 0.2) is 0 Å². The molecular weight excluding hydrogens is 260 g/mol. The Balaban J connectivity index is 1.61. The number of nitrogens with zero attached hydrogens (tertiary/aromatic N) is 3. The number of rotatable bonds is 4. The number of nitrogens with two attached hydrogens (primary N) is 1. The van der Waals surface area contributed by atoms with Crippen molar-refractivity contribution in [2.45, 2.75) is 19.5 Å². The van der Waals surface area contributed by atoms with Crippen molar-refractivity contribution < 1.29 is 0 Å². The van der Waals surface area contributed by atoms with Crippen LogP contribution >= 0.6 is 0 Å². The number of fused-ring (bicyclic) bond motifs is 1. The van der Waals surface area contributed by atoms with Gasteiger partial charge in [-0.05, 0) is 19.1 Å². The van der Waals surface area contributed by atoms with Crippen molar-refractivity contribution in [1.29, 1.82) is 0 Å². The van der Waals surface area contributed by atoms with E-state index in [2.05, 4.69) is 47.1 Å². The Labute approximate surface area is 126 Å². The summed E-state index contributed by atoms with van der Waals surface area (Å²) in [5.41, 5.74) is 8.00. The molecule has 0 spiro atoms. The zero-order chi connectivity index (χ0) is 14.7. The largest absolute Gasteiger partial charge is 0.329 e. The van der Waals surface area contributed by atoms with E-state index in [0.29, 0.717) is 6.04 Å². The van der Waals surface area contributed by atoms with Crippen molar-refractivity contribution in [2.75, 3.05) is 32.7 Å². The van der Waals surface area contributed by atoms with Gasteiger partial charge in [0, 0.05) is 50.7 Å². The third-order valence-corrected chi connectivity index (χ3v) is 4.41. The van der Waals surface area contributed by atoms with Gasteiger partial charge in [-0.3, -0.25) is 14.8 Å². The van der Waals surface area contributed by atoms with E-state index in [1.807, 2.05) is 6.07 Å². The van der Waals surface area contributed by atoms with Crippen LogP contribution in [0.15, 0.2) is 36.4 Å². The minimum atomic E-state index is 0.492. The molecule has 1 saturated heterocycles. The SMILES string of the molecule is CC(CN)N1CCN(Cc2ccc3ccccc3n2)CC1. The molecule has 1 unspecified atom stereocenters. The van der Waals surface area contributed by atoms with Gasteiger partial charge in [0.05, 0.1) is 11.2 Å². The number of aromatic nitrogens is 1. The summed E-state index contributed by atoms with van der Waals surface area (Å²) in [5.74, 6) is 0. The summed E-state index contributed by atoms with van der Waals surface area (Å²) in [5, 5.41) is 1.21. The number of benzene rings is 1. The van der Waals surface area contributed by atoms with E-state index in [1.165, 1.54) is 5.39 Å². The van der Waals surface area contributed by atoms with Crippen molar-refractivity contribution in [3.05, 3.63) is 42.1 Å². The van der Waals surface area contributed by atoms with Gasteiger partial charge in [0.1, 0.15) is 0 Å². The first-order valence-corrected chi connectivity index (χ1v) is 7.77. The highest BCUT2D eigenvalue weighted by Crippen LogP contribution is 2.14. The summed E-state index contributed by atoms with van der Waals surface area (Å²) >= 11 is 0. The highest BCUT2D eigenvalue weighted by molar-refractivity contribution is 5.78. The van der Waals surface area contributed by atoms with E-state index in [0.717, 1.165) is 50.5 Å². The van der Waals surface area contributed by atoms with Gasteiger partial charge >= 0.3 is 0 Å². The van der Waals surface area contributed by atoms with Crippen LogP contribution in [-0.4, -0.2) is 53.5 Å². The molecule has 0 bridgehead atoms. The molecule has 2 N–H and O–H groups in total. The Hall–Kier alpha value is -1.49. The summed E-state index contributed by atoms with van der Waals surface area (Å²) < 4.78 is 0. The fraction of sp³-hybridized carbons (Fsp3) is 0.471. The van der Waals surface area contributed by atoms with Crippen LogP contribution in [0.5, 0.6) is 0 Å². The van der Waals surface area contributed by atoms with Crippen molar-refractivity contribution in [3.63, 3.8) is 0 Å². The fourth-order valence-electron chi connectivity index (χ4n) is 2.94. The molecule has 4 nitrogen and oxygen atoms in total. The van der Waals surface area contributed by atoms with Crippen LogP contribution in [0.2, 0.25) is 0 Å². The molecule has 1 aromatic carbocycles. The van der Waals surface area contributed by atoms with E-state index in [1.54, 1.807) is 0 Å². The van der Waals surface area contributed by atoms with Gasteiger partial charge in [-0.15, -0.1) is 0 Å². The smallest absolute Gasteiger partial charge is 0.0705 e. The highest BCUT2D eigenvalue weighted by atomic mass is 15.3. The monoisotopic (exact) mass is 284 g/mol. The molecule has 21 heavy (non-hydrogen) atoms. The molecule has 3 rings (SSSR count). The molecule has 0 radical (unpaired) electrons. The second-order valence-electron chi connectivity index (χ2n) is 5.89. The summed E-state index contributed by atoms with van der Waals surface area (Å²) in [6, 6.07) is 13.1. The minimum absolute atomic E-state index is 0.492. The maximum absolute atomic E-state index is 5.75. The number of hydrogen-bond donors (Lipinski definition) is 1. The first-order chi connectivity index (χ1) is 10.3. The molecular formula is C17H24N4. The first-order valence-electron chi connectivity index (χ1n) is 7.77. The van der Waals surface area contributed by atoms with E-state index in [9.17, 15) is 0 Å². The number of piperazine rings is 1. The molecule has 2 aromatic rings. The third kappa shape index (κ3) is 3.40. The molecule has 112 valence electrons. The quantitative estimate of drug-likeness (QED) is 0.928. The molecule has 1 atom stereocenters. The van der Waals surface area contributed by atoms with Crippen LogP contribution in [0.1, 0.15) is 12.6 Å². The van der Waals surface area contributed by atoms with Crippen molar-refractivity contribution in [1.82, 2.24) is 14.8 Å². The van der Waals surface area contributed by atoms with Gasteiger partial charge in [0.25, 0.3) is 0 Å². The average molecular weight is 284 g/mol. The fourth-order valence-corrected chi connectivity index (χ4v) is 2.94. The van der Waals surface area contributed by atoms with Crippen molar-refractivity contribution >= 4 is 10.9 Å². The molecule has 1 aliphatic rings. The third-order valence-electron chi connectivity index (χ3n) is 4.41. The van der Waals surface area contributed by atoms with E-state index in [4.69, 9.17) is 10.7 Å². The maximum atomic E-state index is 5.75. The summed E-state index contributed by atoms with van der Waals surface area (Å²) in [6.07, 6.45) is 0. The second kappa shape index (κ2) is 6.52. The summed E-state index contributed by atoms with van der Waals surface area (Å²) in [6.45, 7) is 8.29. The van der Waals surface area contributed by atoms with Crippen LogP contribution < -0.4 is 5.73 Å². The predicted molar refractivity (Wildman–Crippen MR) is 87.1 cm³/mol. The lowest BCUT2D eigenvalue weighted by atomic mass is 10.2. The molecule has 0 saturated carbocycles. The minimum Gasteiger partial charge on any atom is -0.329 e. The van der Waals surface area contributed by atoms with Crippen LogP contribution in [0.3, 0.4) is 0 Å². The first kappa shape index (κ1) is 14.4. The molecule has 1 aliphatic heterocycles. The molecule has 1 fully saturated rings. The molecule has 0 amide bonds. The maximum Gasteiger partial charge on any atom is 0.0705 e.